The molecule has 0 radical (unpaired) electrons. The highest BCUT2D eigenvalue weighted by atomic mass is 79.9. The van der Waals surface area contributed by atoms with Gasteiger partial charge in [0.05, 0.1) is 0 Å². The Labute approximate surface area is 93.5 Å². The van der Waals surface area contributed by atoms with Gasteiger partial charge in [-0.15, -0.1) is 11.3 Å². The predicted molar refractivity (Wildman–Crippen MR) is 60.1 cm³/mol. The summed E-state index contributed by atoms with van der Waals surface area (Å²) in [6.07, 6.45) is 3.55. The van der Waals surface area contributed by atoms with Crippen LogP contribution >= 0.6 is 27.3 Å². The van der Waals surface area contributed by atoms with E-state index in [1.165, 1.54) is 11.3 Å². The summed E-state index contributed by atoms with van der Waals surface area (Å²) < 4.78 is 2.45. The molecular weight excluding hydrogens is 264 g/mol. The summed E-state index contributed by atoms with van der Waals surface area (Å²) in [5.74, 6) is -0.108. The molecule has 1 N–H and O–H groups in total. The van der Waals surface area contributed by atoms with Crippen molar-refractivity contribution in [2.24, 2.45) is 0 Å². The molecule has 14 heavy (non-hydrogen) atoms. The normalized spacial score (nSPS) is 10.1. The third-order valence-corrected chi connectivity index (χ3v) is 3.49. The maximum absolute atomic E-state index is 11.6. The minimum atomic E-state index is -0.108. The molecule has 0 aliphatic rings. The van der Waals surface area contributed by atoms with Gasteiger partial charge in [-0.1, -0.05) is 0 Å². The molecule has 5 heteroatoms. The molecule has 0 saturated heterocycles. The van der Waals surface area contributed by atoms with E-state index in [-0.39, 0.29) is 5.91 Å². The third-order valence-electron chi connectivity index (χ3n) is 1.66. The van der Waals surface area contributed by atoms with Gasteiger partial charge >= 0.3 is 0 Å². The minimum Gasteiger partial charge on any atom is -0.268 e. The van der Waals surface area contributed by atoms with Crippen molar-refractivity contribution in [3.63, 3.8) is 0 Å². The summed E-state index contributed by atoms with van der Waals surface area (Å²) >= 11 is 4.72. The molecule has 1 amide bonds. The predicted octanol–water partition coefficient (Wildman–Crippen LogP) is 2.70. The lowest BCUT2D eigenvalue weighted by atomic mass is 10.4. The fourth-order valence-electron chi connectivity index (χ4n) is 1.03. The van der Waals surface area contributed by atoms with E-state index >= 15 is 0 Å². The zero-order valence-electron chi connectivity index (χ0n) is 7.11. The standard InChI is InChI=1S/C9H7BrN2OS/c10-7-3-6-14-8(7)9(13)11-12-4-1-2-5-12/h1-6H,(H,11,13). The molecule has 2 heterocycles. The van der Waals surface area contributed by atoms with Crippen molar-refractivity contribution >= 4 is 33.2 Å². The number of hydrogen-bond donors (Lipinski definition) is 1. The van der Waals surface area contributed by atoms with Crippen molar-refractivity contribution in [2.45, 2.75) is 0 Å². The number of rotatable bonds is 2. The lowest BCUT2D eigenvalue weighted by Gasteiger charge is -2.04. The smallest absolute Gasteiger partial charge is 0.268 e. The Kier molecular flexibility index (Phi) is 2.69. The molecule has 0 aliphatic carbocycles. The first-order valence-corrected chi connectivity index (χ1v) is 5.62. The Morgan fingerprint density at radius 2 is 2.14 bits per heavy atom. The van der Waals surface area contributed by atoms with Crippen molar-refractivity contribution in [3.8, 4) is 0 Å². The van der Waals surface area contributed by atoms with Crippen molar-refractivity contribution in [1.82, 2.24) is 4.68 Å². The molecule has 72 valence electrons. The minimum absolute atomic E-state index is 0.108. The number of amides is 1. The molecule has 2 aromatic rings. The molecule has 2 aromatic heterocycles. The topological polar surface area (TPSA) is 34.0 Å². The monoisotopic (exact) mass is 270 g/mol. The van der Waals surface area contributed by atoms with Gasteiger partial charge in [-0.25, -0.2) is 0 Å². The Morgan fingerprint density at radius 3 is 2.71 bits per heavy atom. The lowest BCUT2D eigenvalue weighted by Crippen LogP contribution is -2.20. The molecule has 0 unspecified atom stereocenters. The van der Waals surface area contributed by atoms with Gasteiger partial charge in [0.2, 0.25) is 0 Å². The molecule has 0 atom stereocenters. The van der Waals surface area contributed by atoms with Crippen LogP contribution in [0.25, 0.3) is 0 Å². The van der Waals surface area contributed by atoms with E-state index in [9.17, 15) is 4.79 Å². The summed E-state index contributed by atoms with van der Waals surface area (Å²) in [6, 6.07) is 5.56. The summed E-state index contributed by atoms with van der Waals surface area (Å²) in [4.78, 5) is 12.3. The fraction of sp³-hybridized carbons (Fsp3) is 0. The van der Waals surface area contributed by atoms with Gasteiger partial charge in [-0.05, 0) is 39.5 Å². The van der Waals surface area contributed by atoms with Crippen LogP contribution in [0.4, 0.5) is 0 Å². The molecule has 0 aliphatic heterocycles. The fourth-order valence-corrected chi connectivity index (χ4v) is 2.47. The number of nitrogens with zero attached hydrogens (tertiary/aromatic N) is 1. The van der Waals surface area contributed by atoms with Crippen LogP contribution in [0, 0.1) is 0 Å². The van der Waals surface area contributed by atoms with E-state index in [1.54, 1.807) is 17.1 Å². The number of hydrogen-bond acceptors (Lipinski definition) is 2. The SMILES string of the molecule is O=C(Nn1cccc1)c1sccc1Br. The van der Waals surface area contributed by atoms with Gasteiger partial charge in [0.15, 0.2) is 0 Å². The maximum Gasteiger partial charge on any atom is 0.281 e. The first kappa shape index (κ1) is 9.48. The molecular formula is C9H7BrN2OS. The molecule has 0 saturated carbocycles. The second-order valence-electron chi connectivity index (χ2n) is 2.63. The number of carbonyl (C=O) groups excluding carboxylic acids is 1. The van der Waals surface area contributed by atoms with Gasteiger partial charge < -0.3 is 0 Å². The number of nitrogens with one attached hydrogen (secondary N) is 1. The van der Waals surface area contributed by atoms with Gasteiger partial charge in [-0.2, -0.15) is 0 Å². The van der Waals surface area contributed by atoms with E-state index in [0.717, 1.165) is 4.47 Å². The average Bonchev–Trinajstić information content (AvgIpc) is 2.75. The molecule has 0 aromatic carbocycles. The first-order chi connectivity index (χ1) is 6.77. The van der Waals surface area contributed by atoms with Crippen molar-refractivity contribution in [3.05, 3.63) is 45.3 Å². The van der Waals surface area contributed by atoms with Crippen LogP contribution in [0.3, 0.4) is 0 Å². The average molecular weight is 271 g/mol. The second kappa shape index (κ2) is 3.98. The molecule has 0 spiro atoms. The summed E-state index contributed by atoms with van der Waals surface area (Å²) in [6.45, 7) is 0. The van der Waals surface area contributed by atoms with E-state index in [0.29, 0.717) is 4.88 Å². The van der Waals surface area contributed by atoms with Gasteiger partial charge in [0, 0.05) is 16.9 Å². The number of carbonyl (C=O) groups is 1. The summed E-state index contributed by atoms with van der Waals surface area (Å²) in [7, 11) is 0. The van der Waals surface area contributed by atoms with Crippen LogP contribution in [0.2, 0.25) is 0 Å². The Bertz CT molecular complexity index is 435. The van der Waals surface area contributed by atoms with Gasteiger partial charge in [-0.3, -0.25) is 14.9 Å². The van der Waals surface area contributed by atoms with E-state index in [4.69, 9.17) is 0 Å². The molecule has 3 nitrogen and oxygen atoms in total. The second-order valence-corrected chi connectivity index (χ2v) is 4.40. The van der Waals surface area contributed by atoms with Crippen LogP contribution in [-0.2, 0) is 0 Å². The van der Waals surface area contributed by atoms with Crippen LogP contribution in [-0.4, -0.2) is 10.6 Å². The number of thiophene rings is 1. The van der Waals surface area contributed by atoms with E-state index in [1.807, 2.05) is 23.6 Å². The van der Waals surface area contributed by atoms with Crippen LogP contribution in [0.1, 0.15) is 9.67 Å². The van der Waals surface area contributed by atoms with E-state index in [2.05, 4.69) is 21.4 Å². The van der Waals surface area contributed by atoms with Crippen LogP contribution in [0.15, 0.2) is 40.4 Å². The maximum atomic E-state index is 11.6. The van der Waals surface area contributed by atoms with Gasteiger partial charge in [0.25, 0.3) is 5.91 Å². The lowest BCUT2D eigenvalue weighted by molar-refractivity contribution is 0.101. The Balaban J connectivity index is 2.14. The Morgan fingerprint density at radius 1 is 1.43 bits per heavy atom. The zero-order valence-corrected chi connectivity index (χ0v) is 9.51. The molecule has 0 bridgehead atoms. The Hall–Kier alpha value is -1.07. The quantitative estimate of drug-likeness (QED) is 0.895. The van der Waals surface area contributed by atoms with Crippen LogP contribution < -0.4 is 5.43 Å². The molecule has 0 fully saturated rings. The first-order valence-electron chi connectivity index (χ1n) is 3.94. The van der Waals surface area contributed by atoms with Crippen LogP contribution in [0.5, 0.6) is 0 Å². The highest BCUT2D eigenvalue weighted by molar-refractivity contribution is 9.10. The third kappa shape index (κ3) is 1.88. The zero-order chi connectivity index (χ0) is 9.97. The summed E-state index contributed by atoms with van der Waals surface area (Å²) in [5.41, 5.74) is 2.72. The van der Waals surface area contributed by atoms with Crippen molar-refractivity contribution in [2.75, 3.05) is 5.43 Å². The summed E-state index contributed by atoms with van der Waals surface area (Å²) in [5, 5.41) is 1.87. The van der Waals surface area contributed by atoms with Crippen molar-refractivity contribution in [1.29, 1.82) is 0 Å². The number of aromatic nitrogens is 1. The highest BCUT2D eigenvalue weighted by Gasteiger charge is 2.10. The van der Waals surface area contributed by atoms with Crippen molar-refractivity contribution < 1.29 is 4.79 Å². The number of halogens is 1. The van der Waals surface area contributed by atoms with Gasteiger partial charge in [0.1, 0.15) is 4.88 Å². The highest BCUT2D eigenvalue weighted by Crippen LogP contribution is 2.22. The van der Waals surface area contributed by atoms with E-state index < -0.39 is 0 Å². The molecule has 2 rings (SSSR count). The largest absolute Gasteiger partial charge is 0.281 e.